The molecular weight excluding hydrogens is 168 g/mol. The molecule has 0 aromatic rings. The molecule has 0 saturated heterocycles. The molecule has 0 heterocycles. The van der Waals surface area contributed by atoms with E-state index in [-0.39, 0.29) is 6.61 Å². The Labute approximate surface area is 78.0 Å². The molecule has 0 rings (SSSR count). The molecule has 1 N–H and O–H groups in total. The largest absolute Gasteiger partial charge is 0.459 e. The fourth-order valence-corrected chi connectivity index (χ4v) is 0.727. The minimum Gasteiger partial charge on any atom is -0.459 e. The number of hydrogen-bond donors (Lipinski definition) is 1. The Kier molecular flexibility index (Phi) is 6.55. The van der Waals surface area contributed by atoms with Crippen molar-refractivity contribution in [1.82, 2.24) is 0 Å². The maximum absolute atomic E-state index is 10.6. The molecule has 72 valence electrons. The van der Waals surface area contributed by atoms with Gasteiger partial charge in [-0.15, -0.1) is 0 Å². The van der Waals surface area contributed by atoms with Gasteiger partial charge in [-0.2, -0.15) is 0 Å². The SMILES string of the molecule is C=C/C=C(\C=C/C)COC(=O)CO. The summed E-state index contributed by atoms with van der Waals surface area (Å²) in [4.78, 5) is 10.6. The average molecular weight is 182 g/mol. The third-order valence-corrected chi connectivity index (χ3v) is 1.24. The van der Waals surface area contributed by atoms with Gasteiger partial charge in [0.15, 0.2) is 0 Å². The molecule has 0 spiro atoms. The Bertz CT molecular complexity index is 226. The first-order valence-electron chi connectivity index (χ1n) is 3.95. The molecule has 0 radical (unpaired) electrons. The number of esters is 1. The van der Waals surface area contributed by atoms with Crippen LogP contribution < -0.4 is 0 Å². The van der Waals surface area contributed by atoms with Crippen molar-refractivity contribution in [3.8, 4) is 0 Å². The van der Waals surface area contributed by atoms with E-state index in [2.05, 4.69) is 6.58 Å². The smallest absolute Gasteiger partial charge is 0.332 e. The summed E-state index contributed by atoms with van der Waals surface area (Å²) in [6.07, 6.45) is 7.00. The summed E-state index contributed by atoms with van der Waals surface area (Å²) in [5.74, 6) is -0.625. The Morgan fingerprint density at radius 3 is 2.77 bits per heavy atom. The third-order valence-electron chi connectivity index (χ3n) is 1.24. The maximum Gasteiger partial charge on any atom is 0.332 e. The molecule has 0 saturated carbocycles. The maximum atomic E-state index is 10.6. The van der Waals surface area contributed by atoms with E-state index in [1.807, 2.05) is 19.1 Å². The lowest BCUT2D eigenvalue weighted by Crippen LogP contribution is -2.10. The third kappa shape index (κ3) is 5.87. The predicted molar refractivity (Wildman–Crippen MR) is 51.1 cm³/mol. The molecule has 0 aromatic carbocycles. The van der Waals surface area contributed by atoms with Crippen LogP contribution >= 0.6 is 0 Å². The fraction of sp³-hybridized carbons (Fsp3) is 0.300. The van der Waals surface area contributed by atoms with Crippen LogP contribution in [-0.4, -0.2) is 24.3 Å². The number of carbonyl (C=O) groups excluding carboxylic acids is 1. The summed E-state index contributed by atoms with van der Waals surface area (Å²) >= 11 is 0. The van der Waals surface area contributed by atoms with Gasteiger partial charge in [0.25, 0.3) is 0 Å². The quantitative estimate of drug-likeness (QED) is 0.513. The van der Waals surface area contributed by atoms with E-state index in [9.17, 15) is 4.79 Å². The molecule has 3 nitrogen and oxygen atoms in total. The molecule has 3 heteroatoms. The Balaban J connectivity index is 4.04. The number of carbonyl (C=O) groups is 1. The van der Waals surface area contributed by atoms with E-state index in [0.717, 1.165) is 5.57 Å². The number of rotatable bonds is 5. The van der Waals surface area contributed by atoms with E-state index in [4.69, 9.17) is 9.84 Å². The predicted octanol–water partition coefficient (Wildman–Crippen LogP) is 1.21. The van der Waals surface area contributed by atoms with E-state index in [0.29, 0.717) is 0 Å². The first-order chi connectivity index (χ1) is 6.24. The normalized spacial score (nSPS) is 11.7. The highest BCUT2D eigenvalue weighted by Gasteiger charge is 1.99. The van der Waals surface area contributed by atoms with Crippen molar-refractivity contribution in [2.45, 2.75) is 6.92 Å². The zero-order chi connectivity index (χ0) is 10.1. The van der Waals surface area contributed by atoms with Crippen LogP contribution in [-0.2, 0) is 9.53 Å². The van der Waals surface area contributed by atoms with E-state index in [1.165, 1.54) is 0 Å². The summed E-state index contributed by atoms with van der Waals surface area (Å²) < 4.78 is 4.70. The van der Waals surface area contributed by atoms with Crippen LogP contribution in [0.1, 0.15) is 6.92 Å². The van der Waals surface area contributed by atoms with Gasteiger partial charge in [-0.3, -0.25) is 0 Å². The Morgan fingerprint density at radius 1 is 1.62 bits per heavy atom. The molecule has 0 amide bonds. The van der Waals surface area contributed by atoms with Crippen LogP contribution in [0.15, 0.2) is 36.5 Å². The molecule has 0 fully saturated rings. The van der Waals surface area contributed by atoms with Gasteiger partial charge >= 0.3 is 5.97 Å². The summed E-state index contributed by atoms with van der Waals surface area (Å²) in [5, 5.41) is 8.38. The van der Waals surface area contributed by atoms with Gasteiger partial charge in [-0.05, 0) is 12.5 Å². The second-order valence-electron chi connectivity index (χ2n) is 2.30. The molecule has 0 unspecified atom stereocenters. The minimum absolute atomic E-state index is 0.162. The van der Waals surface area contributed by atoms with Gasteiger partial charge in [0.1, 0.15) is 13.2 Å². The lowest BCUT2D eigenvalue weighted by atomic mass is 10.2. The summed E-state index contributed by atoms with van der Waals surface area (Å²) in [6, 6.07) is 0. The Hall–Kier alpha value is -1.35. The van der Waals surface area contributed by atoms with Crippen molar-refractivity contribution in [3.05, 3.63) is 36.5 Å². The van der Waals surface area contributed by atoms with Gasteiger partial charge in [-0.25, -0.2) is 4.79 Å². The molecule has 13 heavy (non-hydrogen) atoms. The first-order valence-corrected chi connectivity index (χ1v) is 3.95. The summed E-state index contributed by atoms with van der Waals surface area (Å²) in [6.45, 7) is 4.97. The van der Waals surface area contributed by atoms with Crippen molar-refractivity contribution in [2.24, 2.45) is 0 Å². The standard InChI is InChI=1S/C10H14O3/c1-3-5-9(6-4-2)8-13-10(12)7-11/h3-6,11H,1,7-8H2,2H3/b6-4-,9-5+. The highest BCUT2D eigenvalue weighted by atomic mass is 16.5. The second kappa shape index (κ2) is 7.31. The van der Waals surface area contributed by atoms with Crippen LogP contribution in [0.25, 0.3) is 0 Å². The first kappa shape index (κ1) is 11.6. The lowest BCUT2D eigenvalue weighted by Gasteiger charge is -2.02. The topological polar surface area (TPSA) is 46.5 Å². The zero-order valence-corrected chi connectivity index (χ0v) is 7.69. The highest BCUT2D eigenvalue weighted by molar-refractivity contribution is 5.70. The van der Waals surface area contributed by atoms with Gasteiger partial charge in [0.05, 0.1) is 0 Å². The van der Waals surface area contributed by atoms with Gasteiger partial charge in [0, 0.05) is 0 Å². The summed E-state index contributed by atoms with van der Waals surface area (Å²) in [5.41, 5.74) is 0.833. The van der Waals surface area contributed by atoms with Crippen molar-refractivity contribution < 1.29 is 14.6 Å². The monoisotopic (exact) mass is 182 g/mol. The van der Waals surface area contributed by atoms with Gasteiger partial charge in [-0.1, -0.05) is 30.9 Å². The zero-order valence-electron chi connectivity index (χ0n) is 7.69. The number of hydrogen-bond acceptors (Lipinski definition) is 3. The Morgan fingerprint density at radius 2 is 2.31 bits per heavy atom. The number of aliphatic hydroxyl groups is 1. The average Bonchev–Trinajstić information content (AvgIpc) is 2.14. The molecule has 0 aliphatic rings. The molecule has 0 bridgehead atoms. The molecule has 0 aliphatic carbocycles. The van der Waals surface area contributed by atoms with Crippen molar-refractivity contribution in [3.63, 3.8) is 0 Å². The number of ether oxygens (including phenoxy) is 1. The van der Waals surface area contributed by atoms with E-state index >= 15 is 0 Å². The molecular formula is C10H14O3. The molecule has 0 aromatic heterocycles. The van der Waals surface area contributed by atoms with Crippen LogP contribution in [0, 0.1) is 0 Å². The van der Waals surface area contributed by atoms with Gasteiger partial charge < -0.3 is 9.84 Å². The van der Waals surface area contributed by atoms with Crippen molar-refractivity contribution in [1.29, 1.82) is 0 Å². The van der Waals surface area contributed by atoms with Crippen LogP contribution in [0.2, 0.25) is 0 Å². The number of allylic oxidation sites excluding steroid dienone is 3. The van der Waals surface area contributed by atoms with Crippen LogP contribution in [0.4, 0.5) is 0 Å². The summed E-state index contributed by atoms with van der Waals surface area (Å²) in [7, 11) is 0. The van der Waals surface area contributed by atoms with E-state index < -0.39 is 12.6 Å². The highest BCUT2D eigenvalue weighted by Crippen LogP contribution is 1.98. The fourth-order valence-electron chi connectivity index (χ4n) is 0.727. The molecule has 0 aliphatic heterocycles. The second-order valence-corrected chi connectivity index (χ2v) is 2.30. The van der Waals surface area contributed by atoms with Crippen molar-refractivity contribution >= 4 is 5.97 Å². The van der Waals surface area contributed by atoms with Crippen LogP contribution in [0.3, 0.4) is 0 Å². The lowest BCUT2D eigenvalue weighted by molar-refractivity contribution is -0.145. The number of aliphatic hydroxyl groups excluding tert-OH is 1. The van der Waals surface area contributed by atoms with E-state index in [1.54, 1.807) is 12.2 Å². The minimum atomic E-state index is -0.625. The van der Waals surface area contributed by atoms with Crippen LogP contribution in [0.5, 0.6) is 0 Å². The van der Waals surface area contributed by atoms with Crippen molar-refractivity contribution in [2.75, 3.05) is 13.2 Å². The van der Waals surface area contributed by atoms with Gasteiger partial charge in [0.2, 0.25) is 0 Å². The molecule has 0 atom stereocenters.